The van der Waals surface area contributed by atoms with E-state index >= 15 is 0 Å². The van der Waals surface area contributed by atoms with Crippen LogP contribution in [0.15, 0.2) is 28.7 Å². The number of hydrogen-bond donors (Lipinski definition) is 1. The van der Waals surface area contributed by atoms with Crippen molar-refractivity contribution in [2.45, 2.75) is 13.0 Å². The summed E-state index contributed by atoms with van der Waals surface area (Å²) in [6.07, 6.45) is 0. The third-order valence-corrected chi connectivity index (χ3v) is 2.87. The number of ether oxygens (including phenoxy) is 1. The van der Waals surface area contributed by atoms with E-state index in [-0.39, 0.29) is 18.6 Å². The molecule has 0 amide bonds. The largest absolute Gasteiger partial charge is 0.468 e. The molecule has 1 aromatic carbocycles. The van der Waals surface area contributed by atoms with Crippen LogP contribution in [0.25, 0.3) is 0 Å². The maximum Gasteiger partial charge on any atom is 0.319 e. The lowest BCUT2D eigenvalue weighted by molar-refractivity contribution is -0.139. The fourth-order valence-electron chi connectivity index (χ4n) is 1.24. The average Bonchev–Trinajstić information content (AvgIpc) is 2.26. The molecule has 0 aromatic heterocycles. The lowest BCUT2D eigenvalue weighted by Crippen LogP contribution is -2.26. The lowest BCUT2D eigenvalue weighted by atomic mass is 10.1. The van der Waals surface area contributed by atoms with Crippen molar-refractivity contribution in [3.05, 3.63) is 34.3 Å². The summed E-state index contributed by atoms with van der Waals surface area (Å²) in [6.45, 7) is 2.22. The number of carbonyl (C=O) groups excluding carboxylic acids is 1. The van der Waals surface area contributed by atoms with Crippen molar-refractivity contribution in [1.29, 1.82) is 0 Å². The maximum atomic E-state index is 10.9. The van der Waals surface area contributed by atoms with Gasteiger partial charge in [0, 0.05) is 10.5 Å². The Morgan fingerprint density at radius 3 is 2.80 bits per heavy atom. The van der Waals surface area contributed by atoms with E-state index < -0.39 is 0 Å². The Kier molecular flexibility index (Phi) is 4.78. The molecule has 3 nitrogen and oxygen atoms in total. The van der Waals surface area contributed by atoms with Crippen molar-refractivity contribution < 1.29 is 9.53 Å². The topological polar surface area (TPSA) is 38.3 Å². The summed E-state index contributed by atoms with van der Waals surface area (Å²) in [5, 5.41) is 3.09. The lowest BCUT2D eigenvalue weighted by Gasteiger charge is -2.14. The molecular weight excluding hydrogens is 258 g/mol. The number of benzene rings is 1. The van der Waals surface area contributed by atoms with Gasteiger partial charge in [0.1, 0.15) is 0 Å². The van der Waals surface area contributed by atoms with Crippen molar-refractivity contribution >= 4 is 21.9 Å². The van der Waals surface area contributed by atoms with Crippen LogP contribution in [-0.2, 0) is 9.53 Å². The van der Waals surface area contributed by atoms with Crippen molar-refractivity contribution in [1.82, 2.24) is 5.32 Å². The van der Waals surface area contributed by atoms with Crippen LogP contribution in [0.4, 0.5) is 0 Å². The maximum absolute atomic E-state index is 10.9. The Hall–Kier alpha value is -0.870. The zero-order valence-corrected chi connectivity index (χ0v) is 10.4. The SMILES string of the molecule is COC(=O)CN[C@@H](C)c1ccccc1Br. The summed E-state index contributed by atoms with van der Waals surface area (Å²) in [5.41, 5.74) is 1.13. The third-order valence-electron chi connectivity index (χ3n) is 2.15. The normalized spacial score (nSPS) is 12.2. The Balaban J connectivity index is 2.57. The molecule has 82 valence electrons. The quantitative estimate of drug-likeness (QED) is 0.854. The molecule has 1 atom stereocenters. The van der Waals surface area contributed by atoms with Crippen LogP contribution in [0, 0.1) is 0 Å². The molecule has 0 saturated carbocycles. The number of halogens is 1. The Morgan fingerprint density at radius 2 is 2.20 bits per heavy atom. The van der Waals surface area contributed by atoms with Gasteiger partial charge in [-0.25, -0.2) is 0 Å². The Labute approximate surface area is 97.9 Å². The zero-order valence-electron chi connectivity index (χ0n) is 8.79. The van der Waals surface area contributed by atoms with Gasteiger partial charge in [-0.15, -0.1) is 0 Å². The second-order valence-electron chi connectivity index (χ2n) is 3.20. The predicted octanol–water partition coefficient (Wildman–Crippen LogP) is 2.27. The van der Waals surface area contributed by atoms with Gasteiger partial charge in [0.05, 0.1) is 13.7 Å². The van der Waals surface area contributed by atoms with Crippen LogP contribution in [0.2, 0.25) is 0 Å². The summed E-state index contributed by atoms with van der Waals surface area (Å²) in [5.74, 6) is -0.256. The molecule has 4 heteroatoms. The molecule has 1 rings (SSSR count). The highest BCUT2D eigenvalue weighted by Crippen LogP contribution is 2.22. The third kappa shape index (κ3) is 3.64. The molecule has 0 aliphatic rings. The highest BCUT2D eigenvalue weighted by molar-refractivity contribution is 9.10. The van der Waals surface area contributed by atoms with Gasteiger partial charge in [-0.2, -0.15) is 0 Å². The molecule has 0 spiro atoms. The molecule has 1 N–H and O–H groups in total. The van der Waals surface area contributed by atoms with E-state index in [1.807, 2.05) is 31.2 Å². The summed E-state index contributed by atoms with van der Waals surface area (Å²) in [6, 6.07) is 8.03. The van der Waals surface area contributed by atoms with Crippen LogP contribution in [0.1, 0.15) is 18.5 Å². The van der Waals surface area contributed by atoms with Gasteiger partial charge in [0.15, 0.2) is 0 Å². The fraction of sp³-hybridized carbons (Fsp3) is 0.364. The second-order valence-corrected chi connectivity index (χ2v) is 4.05. The second kappa shape index (κ2) is 5.88. The van der Waals surface area contributed by atoms with Crippen LogP contribution in [-0.4, -0.2) is 19.6 Å². The smallest absolute Gasteiger partial charge is 0.319 e. The Bertz CT molecular complexity index is 341. The summed E-state index contributed by atoms with van der Waals surface area (Å²) < 4.78 is 5.59. The number of nitrogens with one attached hydrogen (secondary N) is 1. The molecule has 0 fully saturated rings. The van der Waals surface area contributed by atoms with Gasteiger partial charge in [0.25, 0.3) is 0 Å². The molecule has 1 aromatic rings. The standard InChI is InChI=1S/C11H14BrNO2/c1-8(13-7-11(14)15-2)9-5-3-4-6-10(9)12/h3-6,8,13H,7H2,1-2H3/t8-/m0/s1. The molecule has 0 aliphatic carbocycles. The molecule has 0 aliphatic heterocycles. The van der Waals surface area contributed by atoms with Gasteiger partial charge in [-0.1, -0.05) is 34.1 Å². The number of esters is 1. The first-order chi connectivity index (χ1) is 7.15. The monoisotopic (exact) mass is 271 g/mol. The van der Waals surface area contributed by atoms with E-state index in [0.717, 1.165) is 10.0 Å². The van der Waals surface area contributed by atoms with Crippen LogP contribution < -0.4 is 5.32 Å². The summed E-state index contributed by atoms with van der Waals surface area (Å²) in [4.78, 5) is 10.9. The average molecular weight is 272 g/mol. The highest BCUT2D eigenvalue weighted by Gasteiger charge is 2.09. The number of carbonyl (C=O) groups is 1. The molecular formula is C11H14BrNO2. The van der Waals surface area contributed by atoms with Crippen LogP contribution >= 0.6 is 15.9 Å². The molecule has 0 heterocycles. The van der Waals surface area contributed by atoms with Gasteiger partial charge in [0.2, 0.25) is 0 Å². The van der Waals surface area contributed by atoms with E-state index in [2.05, 4.69) is 26.0 Å². The van der Waals surface area contributed by atoms with E-state index in [0.29, 0.717) is 0 Å². The molecule has 15 heavy (non-hydrogen) atoms. The first-order valence-electron chi connectivity index (χ1n) is 4.69. The minimum absolute atomic E-state index is 0.111. The summed E-state index contributed by atoms with van der Waals surface area (Å²) >= 11 is 3.46. The fourth-order valence-corrected chi connectivity index (χ4v) is 1.87. The summed E-state index contributed by atoms with van der Waals surface area (Å²) in [7, 11) is 1.38. The molecule has 0 unspecified atom stereocenters. The van der Waals surface area contributed by atoms with Crippen LogP contribution in [0.5, 0.6) is 0 Å². The van der Waals surface area contributed by atoms with E-state index in [9.17, 15) is 4.79 Å². The number of methoxy groups -OCH3 is 1. The van der Waals surface area contributed by atoms with Crippen molar-refractivity contribution in [3.8, 4) is 0 Å². The van der Waals surface area contributed by atoms with Crippen molar-refractivity contribution in [2.75, 3.05) is 13.7 Å². The minimum Gasteiger partial charge on any atom is -0.468 e. The first kappa shape index (κ1) is 12.2. The molecule has 0 bridgehead atoms. The van der Waals surface area contributed by atoms with Crippen molar-refractivity contribution in [2.24, 2.45) is 0 Å². The van der Waals surface area contributed by atoms with Gasteiger partial charge >= 0.3 is 5.97 Å². The number of hydrogen-bond acceptors (Lipinski definition) is 3. The number of rotatable bonds is 4. The highest BCUT2D eigenvalue weighted by atomic mass is 79.9. The predicted molar refractivity (Wildman–Crippen MR) is 62.6 cm³/mol. The van der Waals surface area contributed by atoms with E-state index in [1.54, 1.807) is 0 Å². The van der Waals surface area contributed by atoms with Crippen molar-refractivity contribution in [3.63, 3.8) is 0 Å². The zero-order chi connectivity index (χ0) is 11.3. The van der Waals surface area contributed by atoms with Crippen LogP contribution in [0.3, 0.4) is 0 Å². The minimum atomic E-state index is -0.256. The first-order valence-corrected chi connectivity index (χ1v) is 5.49. The molecule has 0 radical (unpaired) electrons. The van der Waals surface area contributed by atoms with Gasteiger partial charge in [-0.05, 0) is 18.6 Å². The Morgan fingerprint density at radius 1 is 1.53 bits per heavy atom. The van der Waals surface area contributed by atoms with Gasteiger partial charge in [-0.3, -0.25) is 4.79 Å². The van der Waals surface area contributed by atoms with Gasteiger partial charge < -0.3 is 10.1 Å². The van der Waals surface area contributed by atoms with E-state index in [1.165, 1.54) is 7.11 Å². The van der Waals surface area contributed by atoms with E-state index in [4.69, 9.17) is 0 Å². The molecule has 0 saturated heterocycles.